The van der Waals surface area contributed by atoms with Crippen molar-refractivity contribution in [3.05, 3.63) is 30.3 Å². The van der Waals surface area contributed by atoms with E-state index in [0.717, 1.165) is 25.2 Å². The van der Waals surface area contributed by atoms with Crippen molar-refractivity contribution in [2.24, 2.45) is 0 Å². The summed E-state index contributed by atoms with van der Waals surface area (Å²) in [7, 11) is 5.71. The van der Waals surface area contributed by atoms with Crippen molar-refractivity contribution in [3.8, 4) is 0 Å². The summed E-state index contributed by atoms with van der Waals surface area (Å²) in [5.74, 6) is 0. The molecule has 0 saturated heterocycles. The Bertz CT molecular complexity index is 382. The third-order valence-electron chi connectivity index (χ3n) is 2.91. The van der Waals surface area contributed by atoms with Crippen LogP contribution in [0.25, 0.3) is 0 Å². The Morgan fingerprint density at radius 2 is 1.85 bits per heavy atom. The normalized spacial score (nSPS) is 10.6. The zero-order valence-corrected chi connectivity index (χ0v) is 12.6. The third kappa shape index (κ3) is 6.54. The van der Waals surface area contributed by atoms with Crippen molar-refractivity contribution in [3.63, 3.8) is 0 Å². The van der Waals surface area contributed by atoms with Gasteiger partial charge in [-0.2, -0.15) is 0 Å². The minimum atomic E-state index is -0.0768. The average molecular weight is 279 g/mol. The molecule has 112 valence electrons. The standard InChI is InChI=1S/C15H25N3O2/c1-17(2)10-7-11-18(12-13-20-3)15(19)16-14-8-5-4-6-9-14/h4-6,8-9H,7,10-13H2,1-3H3,(H,16,19). The fraction of sp³-hybridized carbons (Fsp3) is 0.533. The van der Waals surface area contributed by atoms with Gasteiger partial charge in [-0.25, -0.2) is 4.79 Å². The summed E-state index contributed by atoms with van der Waals surface area (Å²) < 4.78 is 5.07. The third-order valence-corrected chi connectivity index (χ3v) is 2.91. The molecule has 0 aliphatic carbocycles. The lowest BCUT2D eigenvalue weighted by Crippen LogP contribution is -2.38. The van der Waals surface area contributed by atoms with Gasteiger partial charge in [0.15, 0.2) is 0 Å². The predicted octanol–water partition coefficient (Wildman–Crippen LogP) is 2.12. The number of nitrogens with one attached hydrogen (secondary N) is 1. The van der Waals surface area contributed by atoms with Crippen LogP contribution in [0.3, 0.4) is 0 Å². The summed E-state index contributed by atoms with van der Waals surface area (Å²) in [6.07, 6.45) is 0.943. The Labute approximate surface area is 121 Å². The van der Waals surface area contributed by atoms with Gasteiger partial charge in [-0.05, 0) is 39.2 Å². The van der Waals surface area contributed by atoms with Gasteiger partial charge in [0.25, 0.3) is 0 Å². The van der Waals surface area contributed by atoms with Gasteiger partial charge in [0.05, 0.1) is 6.61 Å². The van der Waals surface area contributed by atoms with Crippen LogP contribution < -0.4 is 5.32 Å². The highest BCUT2D eigenvalue weighted by Gasteiger charge is 2.13. The topological polar surface area (TPSA) is 44.8 Å². The molecular weight excluding hydrogens is 254 g/mol. The molecule has 0 aliphatic heterocycles. The number of carbonyl (C=O) groups is 1. The quantitative estimate of drug-likeness (QED) is 0.793. The number of rotatable bonds is 8. The van der Waals surface area contributed by atoms with E-state index in [1.54, 1.807) is 12.0 Å². The Morgan fingerprint density at radius 1 is 1.15 bits per heavy atom. The first-order chi connectivity index (χ1) is 9.63. The summed E-state index contributed by atoms with van der Waals surface area (Å²) in [6.45, 7) is 2.83. The maximum Gasteiger partial charge on any atom is 0.321 e. The van der Waals surface area contributed by atoms with Crippen LogP contribution in [0.1, 0.15) is 6.42 Å². The molecule has 0 aromatic heterocycles. The van der Waals surface area contributed by atoms with E-state index in [2.05, 4.69) is 10.2 Å². The largest absolute Gasteiger partial charge is 0.383 e. The molecule has 5 nitrogen and oxygen atoms in total. The van der Waals surface area contributed by atoms with Crippen LogP contribution >= 0.6 is 0 Å². The van der Waals surface area contributed by atoms with Crippen LogP contribution in [-0.2, 0) is 4.74 Å². The van der Waals surface area contributed by atoms with Crippen LogP contribution in [0, 0.1) is 0 Å². The molecule has 0 radical (unpaired) electrons. The molecule has 0 spiro atoms. The monoisotopic (exact) mass is 279 g/mol. The number of urea groups is 1. The highest BCUT2D eigenvalue weighted by Crippen LogP contribution is 2.07. The minimum Gasteiger partial charge on any atom is -0.383 e. The van der Waals surface area contributed by atoms with Gasteiger partial charge in [-0.1, -0.05) is 18.2 Å². The van der Waals surface area contributed by atoms with Crippen molar-refractivity contribution in [2.75, 3.05) is 52.8 Å². The minimum absolute atomic E-state index is 0.0768. The van der Waals surface area contributed by atoms with Crippen LogP contribution in [-0.4, -0.2) is 63.3 Å². The Kier molecular flexibility index (Phi) is 7.69. The zero-order chi connectivity index (χ0) is 14.8. The lowest BCUT2D eigenvalue weighted by atomic mass is 10.3. The van der Waals surface area contributed by atoms with Gasteiger partial charge in [0.1, 0.15) is 0 Å². The molecular formula is C15H25N3O2. The number of methoxy groups -OCH3 is 1. The lowest BCUT2D eigenvalue weighted by Gasteiger charge is -2.23. The number of ether oxygens (including phenoxy) is 1. The van der Waals surface area contributed by atoms with Gasteiger partial charge >= 0.3 is 6.03 Å². The molecule has 0 atom stereocenters. The molecule has 1 aromatic carbocycles. The Balaban J connectivity index is 2.50. The summed E-state index contributed by atoms with van der Waals surface area (Å²) in [5, 5.41) is 2.91. The molecule has 0 saturated carbocycles. The maximum atomic E-state index is 12.2. The van der Waals surface area contributed by atoms with Crippen molar-refractivity contribution >= 4 is 11.7 Å². The first kappa shape index (κ1) is 16.5. The van der Waals surface area contributed by atoms with Gasteiger partial charge in [-0.3, -0.25) is 0 Å². The van der Waals surface area contributed by atoms with Gasteiger partial charge in [0, 0.05) is 25.9 Å². The van der Waals surface area contributed by atoms with E-state index in [1.165, 1.54) is 0 Å². The summed E-state index contributed by atoms with van der Waals surface area (Å²) in [5.41, 5.74) is 0.813. The number of benzene rings is 1. The van der Waals surface area contributed by atoms with Crippen molar-refractivity contribution in [1.29, 1.82) is 0 Å². The second-order valence-electron chi connectivity index (χ2n) is 4.93. The van der Waals surface area contributed by atoms with Crippen LogP contribution in [0.2, 0.25) is 0 Å². The number of hydrogen-bond donors (Lipinski definition) is 1. The highest BCUT2D eigenvalue weighted by molar-refractivity contribution is 5.89. The summed E-state index contributed by atoms with van der Waals surface area (Å²) in [4.78, 5) is 16.1. The number of nitrogens with zero attached hydrogens (tertiary/aromatic N) is 2. The first-order valence-electron chi connectivity index (χ1n) is 6.88. The molecule has 0 heterocycles. The van der Waals surface area contributed by atoms with Crippen LogP contribution in [0.15, 0.2) is 30.3 Å². The maximum absolute atomic E-state index is 12.2. The summed E-state index contributed by atoms with van der Waals surface area (Å²) in [6, 6.07) is 9.42. The summed E-state index contributed by atoms with van der Waals surface area (Å²) >= 11 is 0. The van der Waals surface area contributed by atoms with Gasteiger partial charge in [0.2, 0.25) is 0 Å². The molecule has 0 unspecified atom stereocenters. The number of carbonyl (C=O) groups excluding carboxylic acids is 1. The molecule has 5 heteroatoms. The first-order valence-corrected chi connectivity index (χ1v) is 6.88. The number of amides is 2. The number of anilines is 1. The van der Waals surface area contributed by atoms with E-state index in [9.17, 15) is 4.79 Å². The van der Waals surface area contributed by atoms with E-state index < -0.39 is 0 Å². The molecule has 1 N–H and O–H groups in total. The van der Waals surface area contributed by atoms with E-state index in [4.69, 9.17) is 4.74 Å². The molecule has 1 aromatic rings. The van der Waals surface area contributed by atoms with Crippen molar-refractivity contribution in [2.45, 2.75) is 6.42 Å². The van der Waals surface area contributed by atoms with Crippen molar-refractivity contribution < 1.29 is 9.53 Å². The average Bonchev–Trinajstić information content (AvgIpc) is 2.43. The highest BCUT2D eigenvalue weighted by atomic mass is 16.5. The van der Waals surface area contributed by atoms with E-state index >= 15 is 0 Å². The SMILES string of the molecule is COCCN(CCCN(C)C)C(=O)Nc1ccccc1. The van der Waals surface area contributed by atoms with Crippen molar-refractivity contribution in [1.82, 2.24) is 9.80 Å². The van der Waals surface area contributed by atoms with E-state index in [1.807, 2.05) is 44.4 Å². The predicted molar refractivity (Wildman–Crippen MR) is 82.1 cm³/mol. The van der Waals surface area contributed by atoms with Gasteiger partial charge < -0.3 is 19.9 Å². The zero-order valence-electron chi connectivity index (χ0n) is 12.6. The molecule has 1 rings (SSSR count). The van der Waals surface area contributed by atoms with Crippen LogP contribution in [0.4, 0.5) is 10.5 Å². The van der Waals surface area contributed by atoms with E-state index in [0.29, 0.717) is 13.2 Å². The second-order valence-corrected chi connectivity index (χ2v) is 4.93. The molecule has 0 fully saturated rings. The Hall–Kier alpha value is -1.59. The molecule has 0 aliphatic rings. The number of hydrogen-bond acceptors (Lipinski definition) is 3. The number of para-hydroxylation sites is 1. The second kappa shape index (κ2) is 9.34. The fourth-order valence-corrected chi connectivity index (χ4v) is 1.82. The molecule has 20 heavy (non-hydrogen) atoms. The molecule has 0 bridgehead atoms. The smallest absolute Gasteiger partial charge is 0.321 e. The van der Waals surface area contributed by atoms with E-state index in [-0.39, 0.29) is 6.03 Å². The molecule has 2 amide bonds. The van der Waals surface area contributed by atoms with Gasteiger partial charge in [-0.15, -0.1) is 0 Å². The lowest BCUT2D eigenvalue weighted by molar-refractivity contribution is 0.153. The Morgan fingerprint density at radius 3 is 2.45 bits per heavy atom. The fourth-order valence-electron chi connectivity index (χ4n) is 1.82. The van der Waals surface area contributed by atoms with Crippen LogP contribution in [0.5, 0.6) is 0 Å².